The largest absolute Gasteiger partial charge is 0.433 e. The molecule has 0 aromatic heterocycles. The number of benzene rings is 2. The van der Waals surface area contributed by atoms with E-state index < -0.39 is 18.7 Å². The molecule has 2 N–H and O–H groups in total. The average molecular weight is 529 g/mol. The molecule has 0 spiro atoms. The van der Waals surface area contributed by atoms with Crippen LogP contribution in [0.2, 0.25) is 0 Å². The fraction of sp³-hybridized carbons (Fsp3) is 0.464. The maximum Gasteiger partial charge on any atom is 0.387 e. The number of ether oxygens (including phenoxy) is 1. The molecule has 4 rings (SSSR count). The second-order valence-electron chi connectivity index (χ2n) is 9.70. The molecule has 2 aromatic carbocycles. The van der Waals surface area contributed by atoms with Crippen LogP contribution in [-0.2, 0) is 16.0 Å². The Morgan fingerprint density at radius 1 is 0.868 bits per heavy atom. The van der Waals surface area contributed by atoms with Gasteiger partial charge in [0.25, 0.3) is 0 Å². The van der Waals surface area contributed by atoms with E-state index in [1.807, 2.05) is 35.2 Å². The van der Waals surface area contributed by atoms with Crippen LogP contribution in [0, 0.1) is 5.92 Å². The van der Waals surface area contributed by atoms with E-state index in [1.54, 1.807) is 11.0 Å². The van der Waals surface area contributed by atoms with Crippen LogP contribution in [0.25, 0.3) is 0 Å². The van der Waals surface area contributed by atoms with Gasteiger partial charge < -0.3 is 25.2 Å². The normalized spacial score (nSPS) is 17.1. The van der Waals surface area contributed by atoms with Gasteiger partial charge in [-0.3, -0.25) is 9.59 Å². The van der Waals surface area contributed by atoms with E-state index in [-0.39, 0.29) is 35.6 Å². The number of nitrogens with zero attached hydrogens (tertiary/aromatic N) is 2. The van der Waals surface area contributed by atoms with Gasteiger partial charge in [-0.2, -0.15) is 8.78 Å². The predicted octanol–water partition coefficient (Wildman–Crippen LogP) is 4.27. The number of likely N-dealkylation sites (tertiary alicyclic amines) is 2. The molecule has 2 fully saturated rings. The molecule has 10 heteroatoms. The number of halogens is 2. The summed E-state index contributed by atoms with van der Waals surface area (Å²) in [5.74, 6) is -0.332. The van der Waals surface area contributed by atoms with Crippen molar-refractivity contribution in [3.05, 3.63) is 60.2 Å². The highest BCUT2D eigenvalue weighted by Gasteiger charge is 2.33. The Bertz CT molecular complexity index is 1090. The minimum Gasteiger partial charge on any atom is -0.433 e. The number of anilines is 1. The summed E-state index contributed by atoms with van der Waals surface area (Å²) >= 11 is 0. The lowest BCUT2D eigenvalue weighted by Crippen LogP contribution is -2.53. The summed E-state index contributed by atoms with van der Waals surface area (Å²) in [5.41, 5.74) is 0.927. The number of hydrogen-bond acceptors (Lipinski definition) is 4. The molecular weight excluding hydrogens is 494 g/mol. The first-order valence-corrected chi connectivity index (χ1v) is 13.1. The van der Waals surface area contributed by atoms with E-state index in [1.165, 1.54) is 18.2 Å². The van der Waals surface area contributed by atoms with E-state index in [9.17, 15) is 23.2 Å². The zero-order chi connectivity index (χ0) is 26.9. The van der Waals surface area contributed by atoms with Gasteiger partial charge in [-0.1, -0.05) is 42.5 Å². The monoisotopic (exact) mass is 528 g/mol. The molecule has 0 saturated carbocycles. The molecule has 0 radical (unpaired) electrons. The molecule has 2 aliphatic rings. The molecular formula is C28H34F2N4O4. The van der Waals surface area contributed by atoms with Gasteiger partial charge in [0.15, 0.2) is 0 Å². The molecule has 8 nitrogen and oxygen atoms in total. The van der Waals surface area contributed by atoms with Crippen LogP contribution in [0.1, 0.15) is 37.7 Å². The van der Waals surface area contributed by atoms with Gasteiger partial charge in [-0.05, 0) is 49.8 Å². The molecule has 2 aromatic rings. The number of hydrogen-bond donors (Lipinski definition) is 2. The Hall–Kier alpha value is -3.69. The topological polar surface area (TPSA) is 91.0 Å². The zero-order valence-corrected chi connectivity index (χ0v) is 21.3. The van der Waals surface area contributed by atoms with Crippen molar-refractivity contribution < 1.29 is 27.9 Å². The Balaban J connectivity index is 1.40. The molecule has 4 amide bonds. The predicted molar refractivity (Wildman–Crippen MR) is 139 cm³/mol. The van der Waals surface area contributed by atoms with Gasteiger partial charge in [-0.15, -0.1) is 0 Å². The first-order chi connectivity index (χ1) is 18.4. The van der Waals surface area contributed by atoms with Crippen LogP contribution in [0.5, 0.6) is 5.75 Å². The standard InChI is InChI=1S/C28H34F2N4O4/c29-27(30)38-24-12-6-5-11-22(24)31-28(37)32-23(19-20-9-3-1-4-10-20)26(36)34-17-13-21(14-18-34)25(35)33-15-7-2-8-16-33/h1,3-6,9-12,21,23,27H,2,7-8,13-19H2,(H2,31,32,37)/t23-/m1/s1. The smallest absolute Gasteiger partial charge is 0.387 e. The molecule has 0 aliphatic carbocycles. The minimum atomic E-state index is -3.04. The van der Waals surface area contributed by atoms with Crippen molar-refractivity contribution in [3.8, 4) is 5.75 Å². The van der Waals surface area contributed by atoms with Crippen LogP contribution in [0.15, 0.2) is 54.6 Å². The van der Waals surface area contributed by atoms with Crippen molar-refractivity contribution in [2.75, 3.05) is 31.5 Å². The van der Waals surface area contributed by atoms with Crippen molar-refractivity contribution in [1.29, 1.82) is 0 Å². The minimum absolute atomic E-state index is 0.0632. The summed E-state index contributed by atoms with van der Waals surface area (Å²) in [5, 5.41) is 5.24. The second kappa shape index (κ2) is 13.2. The quantitative estimate of drug-likeness (QED) is 0.536. The zero-order valence-electron chi connectivity index (χ0n) is 21.3. The van der Waals surface area contributed by atoms with E-state index >= 15 is 0 Å². The lowest BCUT2D eigenvalue weighted by Gasteiger charge is -2.37. The maximum absolute atomic E-state index is 13.5. The number of urea groups is 1. The Labute approximate surface area is 221 Å². The summed E-state index contributed by atoms with van der Waals surface area (Å²) in [4.78, 5) is 43.0. The van der Waals surface area contributed by atoms with Gasteiger partial charge in [0.05, 0.1) is 5.69 Å². The lowest BCUT2D eigenvalue weighted by molar-refractivity contribution is -0.142. The van der Waals surface area contributed by atoms with Gasteiger partial charge in [0, 0.05) is 38.5 Å². The van der Waals surface area contributed by atoms with E-state index in [0.717, 1.165) is 37.9 Å². The highest BCUT2D eigenvalue weighted by Crippen LogP contribution is 2.26. The summed E-state index contributed by atoms with van der Waals surface area (Å²) in [7, 11) is 0. The number of carbonyl (C=O) groups is 3. The summed E-state index contributed by atoms with van der Waals surface area (Å²) in [6, 6.07) is 13.6. The fourth-order valence-electron chi connectivity index (χ4n) is 5.07. The molecule has 2 heterocycles. The van der Waals surface area contributed by atoms with Crippen LogP contribution in [0.3, 0.4) is 0 Å². The maximum atomic E-state index is 13.5. The van der Waals surface area contributed by atoms with Crippen molar-refractivity contribution >= 4 is 23.5 Å². The van der Waals surface area contributed by atoms with E-state index in [0.29, 0.717) is 25.9 Å². The molecule has 0 bridgehead atoms. The Morgan fingerprint density at radius 2 is 1.53 bits per heavy atom. The number of nitrogens with one attached hydrogen (secondary N) is 2. The number of alkyl halides is 2. The number of para-hydroxylation sites is 2. The van der Waals surface area contributed by atoms with Crippen LogP contribution < -0.4 is 15.4 Å². The second-order valence-corrected chi connectivity index (χ2v) is 9.70. The molecule has 2 aliphatic heterocycles. The number of amides is 4. The first kappa shape index (κ1) is 27.3. The number of carbonyl (C=O) groups excluding carboxylic acids is 3. The van der Waals surface area contributed by atoms with Crippen molar-refractivity contribution in [2.24, 2.45) is 5.92 Å². The van der Waals surface area contributed by atoms with Crippen molar-refractivity contribution in [1.82, 2.24) is 15.1 Å². The van der Waals surface area contributed by atoms with Gasteiger partial charge >= 0.3 is 12.6 Å². The molecule has 1 atom stereocenters. The van der Waals surface area contributed by atoms with Crippen LogP contribution >= 0.6 is 0 Å². The van der Waals surface area contributed by atoms with Gasteiger partial charge in [0.1, 0.15) is 11.8 Å². The number of rotatable bonds is 8. The van der Waals surface area contributed by atoms with Crippen molar-refractivity contribution in [2.45, 2.75) is 51.2 Å². The van der Waals surface area contributed by atoms with E-state index in [4.69, 9.17) is 0 Å². The first-order valence-electron chi connectivity index (χ1n) is 13.1. The third kappa shape index (κ3) is 7.43. The molecule has 204 valence electrons. The fourth-order valence-corrected chi connectivity index (χ4v) is 5.07. The van der Waals surface area contributed by atoms with Crippen LogP contribution in [0.4, 0.5) is 19.3 Å². The molecule has 0 unspecified atom stereocenters. The Kier molecular flexibility index (Phi) is 9.51. The van der Waals surface area contributed by atoms with Gasteiger partial charge in [0.2, 0.25) is 11.8 Å². The third-order valence-electron chi connectivity index (χ3n) is 7.06. The highest BCUT2D eigenvalue weighted by molar-refractivity contribution is 5.95. The Morgan fingerprint density at radius 3 is 2.21 bits per heavy atom. The summed E-state index contributed by atoms with van der Waals surface area (Å²) < 4.78 is 30.0. The highest BCUT2D eigenvalue weighted by atomic mass is 19.3. The number of piperidine rings is 2. The molecule has 2 saturated heterocycles. The SMILES string of the molecule is O=C(Nc1ccccc1OC(F)F)N[C@H](Cc1ccccc1)C(=O)N1CCC(C(=O)N2CCCCC2)CC1. The summed E-state index contributed by atoms with van der Waals surface area (Å²) in [6.07, 6.45) is 4.67. The van der Waals surface area contributed by atoms with E-state index in [2.05, 4.69) is 15.4 Å². The average Bonchev–Trinajstić information content (AvgIpc) is 2.94. The van der Waals surface area contributed by atoms with Crippen LogP contribution in [-0.4, -0.2) is 66.5 Å². The van der Waals surface area contributed by atoms with Crippen molar-refractivity contribution in [3.63, 3.8) is 0 Å². The third-order valence-corrected chi connectivity index (χ3v) is 7.06. The molecule has 38 heavy (non-hydrogen) atoms. The lowest BCUT2D eigenvalue weighted by atomic mass is 9.93. The summed E-state index contributed by atoms with van der Waals surface area (Å²) in [6.45, 7) is -0.562. The van der Waals surface area contributed by atoms with Gasteiger partial charge in [-0.25, -0.2) is 4.79 Å².